The maximum Gasteiger partial charge on any atom is 0.173 e. The number of benzene rings is 2. The summed E-state index contributed by atoms with van der Waals surface area (Å²) < 4.78 is 20.2. The van der Waals surface area contributed by atoms with Gasteiger partial charge in [0.05, 0.1) is 32.7 Å². The van der Waals surface area contributed by atoms with Crippen LogP contribution in [0.1, 0.15) is 82.8 Å². The highest BCUT2D eigenvalue weighted by Crippen LogP contribution is 2.33. The van der Waals surface area contributed by atoms with E-state index < -0.39 is 5.60 Å². The van der Waals surface area contributed by atoms with Crippen LogP contribution in [0.25, 0.3) is 11.2 Å². The minimum absolute atomic E-state index is 0.112. The van der Waals surface area contributed by atoms with Gasteiger partial charge in [0.2, 0.25) is 0 Å². The lowest BCUT2D eigenvalue weighted by molar-refractivity contribution is -0.0393. The van der Waals surface area contributed by atoms with E-state index in [0.29, 0.717) is 30.1 Å². The Kier molecular flexibility index (Phi) is 7.73. The van der Waals surface area contributed by atoms with Gasteiger partial charge in [-0.15, -0.1) is 0 Å². The van der Waals surface area contributed by atoms with Gasteiger partial charge in [0, 0.05) is 0 Å². The van der Waals surface area contributed by atoms with Crippen LogP contribution in [0.15, 0.2) is 48.8 Å². The van der Waals surface area contributed by atoms with Crippen LogP contribution in [-0.4, -0.2) is 32.7 Å². The fourth-order valence-electron chi connectivity index (χ4n) is 5.11. The van der Waals surface area contributed by atoms with E-state index in [1.807, 2.05) is 36.6 Å². The molecule has 0 bridgehead atoms. The van der Waals surface area contributed by atoms with E-state index in [1.165, 1.54) is 18.4 Å². The number of nitrogens with zero attached hydrogens (tertiary/aromatic N) is 3. The molecule has 2 aromatic heterocycles. The number of rotatable bonds is 9. The number of aromatic nitrogens is 4. The molecule has 1 aliphatic rings. The van der Waals surface area contributed by atoms with Crippen molar-refractivity contribution >= 4 is 11.2 Å². The molecule has 0 atom stereocenters. The first kappa shape index (κ1) is 27.9. The van der Waals surface area contributed by atoms with Crippen molar-refractivity contribution in [3.8, 4) is 11.5 Å². The summed E-state index contributed by atoms with van der Waals surface area (Å²) in [5.41, 5.74) is 4.24. The monoisotopic (exact) mass is 543 g/mol. The van der Waals surface area contributed by atoms with Crippen LogP contribution in [0.2, 0.25) is 0 Å². The third-order valence-electron chi connectivity index (χ3n) is 7.69. The highest BCUT2D eigenvalue weighted by atomic mass is 16.5. The number of ether oxygens (including phenoxy) is 3. The lowest BCUT2D eigenvalue weighted by Gasteiger charge is -2.23. The quantitative estimate of drug-likeness (QED) is 0.256. The Balaban J connectivity index is 1.37. The van der Waals surface area contributed by atoms with E-state index in [2.05, 4.69) is 55.0 Å². The fourth-order valence-corrected chi connectivity index (χ4v) is 5.11. The molecule has 2 N–H and O–H groups in total. The molecule has 0 radical (unpaired) electrons. The minimum atomic E-state index is -0.700. The number of hydrogen-bond acceptors (Lipinski definition) is 6. The van der Waals surface area contributed by atoms with E-state index in [1.54, 1.807) is 13.4 Å². The van der Waals surface area contributed by atoms with Gasteiger partial charge in [-0.25, -0.2) is 9.97 Å². The van der Waals surface area contributed by atoms with Crippen molar-refractivity contribution in [2.75, 3.05) is 7.11 Å². The Morgan fingerprint density at radius 1 is 0.975 bits per heavy atom. The average molecular weight is 544 g/mol. The predicted octanol–water partition coefficient (Wildman–Crippen LogP) is 6.37. The first-order valence-corrected chi connectivity index (χ1v) is 14.1. The molecule has 8 nitrogen and oxygen atoms in total. The summed E-state index contributed by atoms with van der Waals surface area (Å²) in [6, 6.07) is 14.6. The van der Waals surface area contributed by atoms with Crippen LogP contribution < -0.4 is 15.0 Å². The second-order valence-corrected chi connectivity index (χ2v) is 12.3. The first-order valence-electron chi connectivity index (χ1n) is 14.1. The summed E-state index contributed by atoms with van der Waals surface area (Å²) in [5, 5.41) is 8.40. The van der Waals surface area contributed by atoms with Crippen LogP contribution in [0, 0.1) is 5.41 Å². The maximum absolute atomic E-state index is 8.40. The SMILES string of the molecule is COc1ccc(Cn2cnc(=N)c3[nH]c(C(C)(C)OCc4ccc(C(C)(C)C)cc4)nc32)cc1OC1CCCC1. The van der Waals surface area contributed by atoms with Gasteiger partial charge in [-0.2, -0.15) is 0 Å². The standard InChI is InChI=1S/C32H41N5O3/c1-31(2,3)23-14-11-21(12-15-23)19-39-32(4,5)30-35-27-28(33)34-20-37(29(27)36-30)18-22-13-16-25(38-6)26(17-22)40-24-9-7-8-10-24/h11-17,20,24,33H,7-10,18-19H2,1-6H3,(H,35,36). The van der Waals surface area contributed by atoms with Crippen molar-refractivity contribution in [1.82, 2.24) is 19.5 Å². The largest absolute Gasteiger partial charge is 0.493 e. The van der Waals surface area contributed by atoms with Gasteiger partial charge in [0.15, 0.2) is 22.6 Å². The minimum Gasteiger partial charge on any atom is -0.493 e. The summed E-state index contributed by atoms with van der Waals surface area (Å²) in [7, 11) is 1.67. The zero-order valence-corrected chi connectivity index (χ0v) is 24.5. The van der Waals surface area contributed by atoms with Crippen LogP contribution in [0.4, 0.5) is 0 Å². The number of nitrogens with one attached hydrogen (secondary N) is 2. The zero-order valence-electron chi connectivity index (χ0n) is 24.5. The first-order chi connectivity index (χ1) is 19.0. The lowest BCUT2D eigenvalue weighted by atomic mass is 9.87. The number of methoxy groups -OCH3 is 1. The number of imidazole rings is 1. The van der Waals surface area contributed by atoms with Gasteiger partial charge in [-0.3, -0.25) is 5.41 Å². The molecule has 0 spiro atoms. The molecule has 212 valence electrons. The van der Waals surface area contributed by atoms with E-state index in [9.17, 15) is 0 Å². The molecule has 5 rings (SSSR count). The summed E-state index contributed by atoms with van der Waals surface area (Å²) in [5.74, 6) is 2.16. The lowest BCUT2D eigenvalue weighted by Crippen LogP contribution is -2.23. The molecule has 1 aliphatic carbocycles. The van der Waals surface area contributed by atoms with E-state index in [-0.39, 0.29) is 17.0 Å². The zero-order chi connectivity index (χ0) is 28.5. The van der Waals surface area contributed by atoms with Gasteiger partial charge < -0.3 is 23.8 Å². The van der Waals surface area contributed by atoms with Gasteiger partial charge in [0.25, 0.3) is 0 Å². The summed E-state index contributed by atoms with van der Waals surface area (Å²) in [6.07, 6.45) is 6.47. The molecule has 0 unspecified atom stereocenters. The van der Waals surface area contributed by atoms with Gasteiger partial charge in [0.1, 0.15) is 16.9 Å². The second-order valence-electron chi connectivity index (χ2n) is 12.3. The van der Waals surface area contributed by atoms with Crippen molar-refractivity contribution in [2.24, 2.45) is 0 Å². The second kappa shape index (κ2) is 11.1. The molecule has 40 heavy (non-hydrogen) atoms. The van der Waals surface area contributed by atoms with Gasteiger partial charge in [-0.05, 0) is 73.8 Å². The summed E-state index contributed by atoms with van der Waals surface area (Å²) in [4.78, 5) is 12.5. The van der Waals surface area contributed by atoms with E-state index in [0.717, 1.165) is 35.5 Å². The van der Waals surface area contributed by atoms with Gasteiger partial charge >= 0.3 is 0 Å². The number of fused-ring (bicyclic) bond motifs is 1. The van der Waals surface area contributed by atoms with Crippen LogP contribution in [0.5, 0.6) is 11.5 Å². The normalized spacial score (nSPS) is 14.7. The molecule has 8 heteroatoms. The number of hydrogen-bond donors (Lipinski definition) is 2. The highest BCUT2D eigenvalue weighted by molar-refractivity contribution is 5.69. The predicted molar refractivity (Wildman–Crippen MR) is 156 cm³/mol. The smallest absolute Gasteiger partial charge is 0.173 e. The molecule has 0 amide bonds. The van der Waals surface area contributed by atoms with Crippen LogP contribution in [0.3, 0.4) is 0 Å². The Hall–Kier alpha value is -3.65. The molecule has 0 aliphatic heterocycles. The molecule has 0 saturated heterocycles. The maximum atomic E-state index is 8.40. The fraction of sp³-hybridized carbons (Fsp3) is 0.469. The summed E-state index contributed by atoms with van der Waals surface area (Å²) in [6.45, 7) is 11.6. The van der Waals surface area contributed by atoms with Gasteiger partial charge in [-0.1, -0.05) is 51.1 Å². The molecule has 1 fully saturated rings. The van der Waals surface area contributed by atoms with Crippen molar-refractivity contribution < 1.29 is 14.2 Å². The Morgan fingerprint density at radius 3 is 2.35 bits per heavy atom. The Labute approximate surface area is 236 Å². The molecular formula is C32H41N5O3. The Morgan fingerprint density at radius 2 is 1.68 bits per heavy atom. The van der Waals surface area contributed by atoms with Crippen molar-refractivity contribution in [3.63, 3.8) is 0 Å². The topological polar surface area (TPSA) is 98.0 Å². The molecule has 2 heterocycles. The molecule has 4 aromatic rings. The Bertz CT molecular complexity index is 1520. The van der Waals surface area contributed by atoms with E-state index >= 15 is 0 Å². The number of H-pyrrole nitrogens is 1. The average Bonchev–Trinajstić information content (AvgIpc) is 3.61. The molecular weight excluding hydrogens is 502 g/mol. The summed E-state index contributed by atoms with van der Waals surface area (Å²) >= 11 is 0. The highest BCUT2D eigenvalue weighted by Gasteiger charge is 2.27. The van der Waals surface area contributed by atoms with Crippen molar-refractivity contribution in [1.29, 1.82) is 5.41 Å². The van der Waals surface area contributed by atoms with Crippen LogP contribution in [-0.2, 0) is 28.9 Å². The van der Waals surface area contributed by atoms with Crippen LogP contribution >= 0.6 is 0 Å². The van der Waals surface area contributed by atoms with Crippen molar-refractivity contribution in [2.45, 2.75) is 90.6 Å². The number of aromatic amines is 1. The molecule has 2 aromatic carbocycles. The van der Waals surface area contributed by atoms with Crippen molar-refractivity contribution in [3.05, 3.63) is 76.8 Å². The third-order valence-corrected chi connectivity index (χ3v) is 7.69. The third kappa shape index (κ3) is 6.07. The molecule has 1 saturated carbocycles. The van der Waals surface area contributed by atoms with E-state index in [4.69, 9.17) is 24.6 Å².